The van der Waals surface area contributed by atoms with Crippen molar-refractivity contribution < 1.29 is 22.0 Å². The van der Waals surface area contributed by atoms with Gasteiger partial charge in [0.2, 0.25) is 0 Å². The molecule has 3 aromatic carbocycles. The minimum Gasteiger partial charge on any atom is -0.337 e. The highest BCUT2D eigenvalue weighted by molar-refractivity contribution is 7.92. The highest BCUT2D eigenvalue weighted by Gasteiger charge is 2.18. The number of amides is 1. The van der Waals surface area contributed by atoms with E-state index in [1.165, 1.54) is 48.2 Å². The molecule has 0 unspecified atom stereocenters. The molecular formula is C22H20F2N2O3S. The summed E-state index contributed by atoms with van der Waals surface area (Å²) in [5.74, 6) is -1.31. The molecule has 3 rings (SSSR count). The Kier molecular flexibility index (Phi) is 6.17. The Hall–Kier alpha value is -3.26. The average Bonchev–Trinajstić information content (AvgIpc) is 2.71. The topological polar surface area (TPSA) is 66.5 Å². The molecule has 0 aliphatic heterocycles. The first kappa shape index (κ1) is 21.4. The molecule has 0 bridgehead atoms. The largest absolute Gasteiger partial charge is 0.337 e. The van der Waals surface area contributed by atoms with Crippen molar-refractivity contribution >= 4 is 21.6 Å². The van der Waals surface area contributed by atoms with Gasteiger partial charge in [0, 0.05) is 24.8 Å². The maximum Gasteiger partial charge on any atom is 0.261 e. The van der Waals surface area contributed by atoms with Crippen LogP contribution in [-0.2, 0) is 16.6 Å². The van der Waals surface area contributed by atoms with Gasteiger partial charge < -0.3 is 4.90 Å². The molecule has 0 aliphatic rings. The van der Waals surface area contributed by atoms with Crippen LogP contribution in [0, 0.1) is 18.6 Å². The number of carbonyl (C=O) groups excluding carboxylic acids is 1. The van der Waals surface area contributed by atoms with Crippen LogP contribution in [0.5, 0.6) is 0 Å². The Labute approximate surface area is 174 Å². The van der Waals surface area contributed by atoms with Gasteiger partial charge in [0.15, 0.2) is 0 Å². The summed E-state index contributed by atoms with van der Waals surface area (Å²) < 4.78 is 54.2. The third-order valence-electron chi connectivity index (χ3n) is 4.50. The minimum atomic E-state index is -4.02. The highest BCUT2D eigenvalue weighted by atomic mass is 32.2. The van der Waals surface area contributed by atoms with Gasteiger partial charge in [-0.25, -0.2) is 17.2 Å². The summed E-state index contributed by atoms with van der Waals surface area (Å²) in [6.07, 6.45) is 0. The summed E-state index contributed by atoms with van der Waals surface area (Å²) in [5.41, 5.74) is 1.54. The number of hydrogen-bond donors (Lipinski definition) is 1. The van der Waals surface area contributed by atoms with Gasteiger partial charge >= 0.3 is 0 Å². The summed E-state index contributed by atoms with van der Waals surface area (Å²) in [6, 6.07) is 15.5. The van der Waals surface area contributed by atoms with Crippen LogP contribution >= 0.6 is 0 Å². The van der Waals surface area contributed by atoms with Gasteiger partial charge in [0.1, 0.15) is 11.6 Å². The zero-order chi connectivity index (χ0) is 21.9. The van der Waals surface area contributed by atoms with Crippen LogP contribution in [0.4, 0.5) is 14.5 Å². The molecule has 3 aromatic rings. The molecule has 0 spiro atoms. The maximum atomic E-state index is 13.7. The lowest BCUT2D eigenvalue weighted by molar-refractivity contribution is 0.0785. The van der Waals surface area contributed by atoms with Crippen molar-refractivity contribution in [3.05, 3.63) is 95.1 Å². The normalized spacial score (nSPS) is 11.2. The number of carbonyl (C=O) groups is 1. The van der Waals surface area contributed by atoms with E-state index in [1.807, 2.05) is 0 Å². The number of benzene rings is 3. The van der Waals surface area contributed by atoms with E-state index in [0.717, 1.165) is 11.6 Å². The predicted molar refractivity (Wildman–Crippen MR) is 111 cm³/mol. The maximum absolute atomic E-state index is 13.7. The van der Waals surface area contributed by atoms with Crippen molar-refractivity contribution in [2.24, 2.45) is 0 Å². The fourth-order valence-corrected chi connectivity index (χ4v) is 3.89. The fraction of sp³-hybridized carbons (Fsp3) is 0.136. The van der Waals surface area contributed by atoms with Gasteiger partial charge in [-0.1, -0.05) is 24.3 Å². The zero-order valence-electron chi connectivity index (χ0n) is 16.4. The van der Waals surface area contributed by atoms with Crippen molar-refractivity contribution in [3.63, 3.8) is 0 Å². The number of hydrogen-bond acceptors (Lipinski definition) is 3. The molecule has 30 heavy (non-hydrogen) atoms. The lowest BCUT2D eigenvalue weighted by atomic mass is 10.1. The molecule has 1 amide bonds. The van der Waals surface area contributed by atoms with E-state index in [9.17, 15) is 22.0 Å². The Balaban J connectivity index is 1.77. The van der Waals surface area contributed by atoms with Crippen LogP contribution in [0.3, 0.4) is 0 Å². The second-order valence-electron chi connectivity index (χ2n) is 6.88. The van der Waals surface area contributed by atoms with Gasteiger partial charge in [-0.05, 0) is 60.5 Å². The van der Waals surface area contributed by atoms with Crippen LogP contribution in [0.15, 0.2) is 71.6 Å². The number of nitrogens with zero attached hydrogens (tertiary/aromatic N) is 1. The second kappa shape index (κ2) is 8.62. The summed E-state index contributed by atoms with van der Waals surface area (Å²) in [4.78, 5) is 13.9. The third-order valence-corrected chi connectivity index (χ3v) is 5.87. The smallest absolute Gasteiger partial charge is 0.261 e. The standard InChI is InChI=1S/C22H20F2N2O3S/c1-15-6-11-20(13-21(15)24)30(28,29)25-19-5-3-4-17(12-19)22(27)26(2)14-16-7-9-18(23)10-8-16/h3-13,25H,14H2,1-2H3. The van der Waals surface area contributed by atoms with Gasteiger partial charge in [0.05, 0.1) is 4.90 Å². The van der Waals surface area contributed by atoms with Crippen molar-refractivity contribution in [1.82, 2.24) is 4.90 Å². The van der Waals surface area contributed by atoms with E-state index < -0.39 is 15.8 Å². The van der Waals surface area contributed by atoms with E-state index in [1.54, 1.807) is 31.3 Å². The first-order valence-corrected chi connectivity index (χ1v) is 10.5. The second-order valence-corrected chi connectivity index (χ2v) is 8.57. The Bertz CT molecular complexity index is 1180. The first-order chi connectivity index (χ1) is 14.2. The SMILES string of the molecule is Cc1ccc(S(=O)(=O)Nc2cccc(C(=O)N(C)Cc3ccc(F)cc3)c2)cc1F. The molecule has 0 aliphatic carbocycles. The van der Waals surface area contributed by atoms with Crippen LogP contribution in [0.2, 0.25) is 0 Å². The molecule has 0 saturated carbocycles. The zero-order valence-corrected chi connectivity index (χ0v) is 17.2. The van der Waals surface area contributed by atoms with E-state index in [-0.39, 0.29) is 34.4 Å². The van der Waals surface area contributed by atoms with Crippen molar-refractivity contribution in [2.75, 3.05) is 11.8 Å². The Morgan fingerprint density at radius 3 is 2.37 bits per heavy atom. The third kappa shape index (κ3) is 5.01. The number of sulfonamides is 1. The highest BCUT2D eigenvalue weighted by Crippen LogP contribution is 2.20. The van der Waals surface area contributed by atoms with E-state index in [2.05, 4.69) is 4.72 Å². The molecule has 0 atom stereocenters. The Morgan fingerprint density at radius 2 is 1.70 bits per heavy atom. The van der Waals surface area contributed by atoms with Crippen LogP contribution in [0.1, 0.15) is 21.5 Å². The molecule has 0 fully saturated rings. The fourth-order valence-electron chi connectivity index (χ4n) is 2.83. The lowest BCUT2D eigenvalue weighted by Crippen LogP contribution is -2.26. The summed E-state index contributed by atoms with van der Waals surface area (Å²) in [6.45, 7) is 1.80. The Morgan fingerprint density at radius 1 is 1.00 bits per heavy atom. The number of rotatable bonds is 6. The van der Waals surface area contributed by atoms with Gasteiger partial charge in [-0.3, -0.25) is 9.52 Å². The van der Waals surface area contributed by atoms with Crippen LogP contribution < -0.4 is 4.72 Å². The van der Waals surface area contributed by atoms with Gasteiger partial charge in [-0.2, -0.15) is 0 Å². The van der Waals surface area contributed by atoms with Gasteiger partial charge in [0.25, 0.3) is 15.9 Å². The van der Waals surface area contributed by atoms with E-state index >= 15 is 0 Å². The molecule has 0 aromatic heterocycles. The first-order valence-electron chi connectivity index (χ1n) is 9.05. The predicted octanol–water partition coefficient (Wildman–Crippen LogP) is 4.35. The molecular weight excluding hydrogens is 410 g/mol. The molecule has 156 valence electrons. The molecule has 0 radical (unpaired) electrons. The van der Waals surface area contributed by atoms with Crippen molar-refractivity contribution in [2.45, 2.75) is 18.4 Å². The molecule has 8 heteroatoms. The number of halogens is 2. The van der Waals surface area contributed by atoms with Crippen molar-refractivity contribution in [1.29, 1.82) is 0 Å². The lowest BCUT2D eigenvalue weighted by Gasteiger charge is -2.18. The quantitative estimate of drug-likeness (QED) is 0.632. The number of anilines is 1. The average molecular weight is 430 g/mol. The molecule has 1 N–H and O–H groups in total. The molecule has 0 heterocycles. The van der Waals surface area contributed by atoms with Crippen LogP contribution in [0.25, 0.3) is 0 Å². The van der Waals surface area contributed by atoms with E-state index in [0.29, 0.717) is 5.56 Å². The summed E-state index contributed by atoms with van der Waals surface area (Å²) >= 11 is 0. The number of nitrogens with one attached hydrogen (secondary N) is 1. The minimum absolute atomic E-state index is 0.178. The summed E-state index contributed by atoms with van der Waals surface area (Å²) in [5, 5.41) is 0. The van der Waals surface area contributed by atoms with Crippen molar-refractivity contribution in [3.8, 4) is 0 Å². The monoisotopic (exact) mass is 430 g/mol. The number of aryl methyl sites for hydroxylation is 1. The van der Waals surface area contributed by atoms with Gasteiger partial charge in [-0.15, -0.1) is 0 Å². The summed E-state index contributed by atoms with van der Waals surface area (Å²) in [7, 11) is -2.42. The molecule has 0 saturated heterocycles. The molecule has 5 nitrogen and oxygen atoms in total. The van der Waals surface area contributed by atoms with E-state index in [4.69, 9.17) is 0 Å². The van der Waals surface area contributed by atoms with Crippen LogP contribution in [-0.4, -0.2) is 26.3 Å².